The average molecular weight is 475 g/mol. The summed E-state index contributed by atoms with van der Waals surface area (Å²) in [5, 5.41) is 2.49. The molecule has 2 rings (SSSR count). The quantitative estimate of drug-likeness (QED) is 0.446. The number of halogens is 11. The van der Waals surface area contributed by atoms with Crippen molar-refractivity contribution in [3.05, 3.63) is 40.7 Å². The van der Waals surface area contributed by atoms with Gasteiger partial charge in [0.05, 0.1) is 11.2 Å². The van der Waals surface area contributed by atoms with E-state index in [0.29, 0.717) is 10.2 Å². The van der Waals surface area contributed by atoms with Crippen molar-refractivity contribution in [2.45, 2.75) is 45.2 Å². The summed E-state index contributed by atoms with van der Waals surface area (Å²) >= 11 is 5.60. The van der Waals surface area contributed by atoms with Crippen LogP contribution in [0.4, 0.5) is 43.9 Å². The van der Waals surface area contributed by atoms with E-state index in [9.17, 15) is 43.9 Å². The molecule has 2 aromatic rings. The van der Waals surface area contributed by atoms with Gasteiger partial charge in [0.15, 0.2) is 5.75 Å². The Balaban J connectivity index is 0.00000218. The minimum Gasteiger partial charge on any atom is -0.403 e. The maximum absolute atomic E-state index is 14.2. The Morgan fingerprint density at radius 1 is 0.900 bits per heavy atom. The predicted octanol–water partition coefficient (Wildman–Crippen LogP) is 7.05. The van der Waals surface area contributed by atoms with Crippen LogP contribution >= 0.6 is 11.6 Å². The molecule has 14 heteroatoms. The third-order valence-electron chi connectivity index (χ3n) is 3.37. The zero-order valence-corrected chi connectivity index (χ0v) is 16.0. The van der Waals surface area contributed by atoms with Crippen molar-refractivity contribution in [1.29, 1.82) is 0 Å². The minimum atomic E-state index is -6.55. The number of hydrogen-bond donors (Lipinski definition) is 0. The lowest BCUT2D eigenvalue weighted by atomic mass is 9.93. The highest BCUT2D eigenvalue weighted by molar-refractivity contribution is 6.32. The molecular weight excluding hydrogens is 462 g/mol. The van der Waals surface area contributed by atoms with Crippen LogP contribution < -0.4 is 4.74 Å². The van der Waals surface area contributed by atoms with E-state index in [0.717, 1.165) is 12.4 Å². The van der Waals surface area contributed by atoms with Gasteiger partial charge in [-0.15, -0.1) is 13.2 Å². The standard InChI is InChI=1S/C14H7ClF10N2O.C2H6/c1-6-4-26-27(5-6)10-8(15)2-7(3-9(10)28-14(23,24)25)11(16,12(17,18)19)13(20,21)22;1-2/h2-5H,1H3;1-2H3. The Bertz CT molecular complexity index is 856. The smallest absolute Gasteiger partial charge is 0.403 e. The Labute approximate surface area is 168 Å². The van der Waals surface area contributed by atoms with E-state index >= 15 is 0 Å². The Morgan fingerprint density at radius 2 is 1.40 bits per heavy atom. The van der Waals surface area contributed by atoms with E-state index in [1.807, 2.05) is 13.8 Å². The fraction of sp³-hybridized carbons (Fsp3) is 0.438. The van der Waals surface area contributed by atoms with Crippen LogP contribution in [-0.4, -0.2) is 28.5 Å². The molecule has 170 valence electrons. The molecule has 0 amide bonds. The van der Waals surface area contributed by atoms with Gasteiger partial charge in [0.1, 0.15) is 5.69 Å². The zero-order valence-electron chi connectivity index (χ0n) is 15.3. The van der Waals surface area contributed by atoms with Gasteiger partial charge in [-0.2, -0.15) is 31.4 Å². The molecule has 0 spiro atoms. The maximum atomic E-state index is 14.2. The van der Waals surface area contributed by atoms with Gasteiger partial charge in [0, 0.05) is 11.8 Å². The maximum Gasteiger partial charge on any atom is 0.573 e. The molecule has 0 atom stereocenters. The lowest BCUT2D eigenvalue weighted by molar-refractivity contribution is -0.348. The van der Waals surface area contributed by atoms with Crippen molar-refractivity contribution in [2.75, 3.05) is 0 Å². The predicted molar refractivity (Wildman–Crippen MR) is 86.2 cm³/mol. The van der Waals surface area contributed by atoms with Crippen LogP contribution in [0.15, 0.2) is 24.5 Å². The van der Waals surface area contributed by atoms with Crippen LogP contribution in [0.25, 0.3) is 5.69 Å². The van der Waals surface area contributed by atoms with E-state index in [1.165, 1.54) is 6.92 Å². The largest absolute Gasteiger partial charge is 0.573 e. The summed E-state index contributed by atoms with van der Waals surface area (Å²) in [6.07, 6.45) is -16.4. The molecule has 1 heterocycles. The fourth-order valence-electron chi connectivity index (χ4n) is 2.22. The van der Waals surface area contributed by atoms with Crippen LogP contribution in [0.3, 0.4) is 0 Å². The molecule has 0 bridgehead atoms. The van der Waals surface area contributed by atoms with Gasteiger partial charge in [0.2, 0.25) is 0 Å². The Kier molecular flexibility index (Phi) is 7.34. The zero-order chi connectivity index (χ0) is 23.7. The second-order valence-electron chi connectivity index (χ2n) is 5.47. The minimum absolute atomic E-state index is 0.0852. The molecule has 0 aliphatic carbocycles. The van der Waals surface area contributed by atoms with Gasteiger partial charge < -0.3 is 4.74 Å². The Morgan fingerprint density at radius 3 is 1.77 bits per heavy atom. The summed E-state index contributed by atoms with van der Waals surface area (Å²) in [6, 6.07) is -0.454. The molecule has 0 N–H and O–H groups in total. The topological polar surface area (TPSA) is 27.1 Å². The molecule has 0 unspecified atom stereocenters. The average Bonchev–Trinajstić information content (AvgIpc) is 2.97. The highest BCUT2D eigenvalue weighted by atomic mass is 35.5. The number of rotatable bonds is 3. The van der Waals surface area contributed by atoms with Gasteiger partial charge in [-0.3, -0.25) is 0 Å². The molecule has 1 aromatic carbocycles. The van der Waals surface area contributed by atoms with Crippen LogP contribution in [0.1, 0.15) is 25.0 Å². The second-order valence-corrected chi connectivity index (χ2v) is 5.88. The summed E-state index contributed by atoms with van der Waals surface area (Å²) in [6.45, 7) is 5.44. The van der Waals surface area contributed by atoms with Crippen molar-refractivity contribution in [2.24, 2.45) is 0 Å². The van der Waals surface area contributed by atoms with Gasteiger partial charge >= 0.3 is 24.4 Å². The number of ether oxygens (including phenoxy) is 1. The molecule has 0 fully saturated rings. The van der Waals surface area contributed by atoms with Crippen molar-refractivity contribution in [3.63, 3.8) is 0 Å². The number of benzene rings is 1. The summed E-state index contributed by atoms with van der Waals surface area (Å²) in [7, 11) is 0. The van der Waals surface area contributed by atoms with E-state index in [4.69, 9.17) is 11.6 Å². The fourth-order valence-corrected chi connectivity index (χ4v) is 2.52. The van der Waals surface area contributed by atoms with Gasteiger partial charge in [-0.1, -0.05) is 25.4 Å². The Hall–Kier alpha value is -2.18. The SMILES string of the molecule is CC.Cc1cnn(-c2c(Cl)cc(C(F)(C(F)(F)F)C(F)(F)F)cc2OC(F)(F)F)c1. The molecule has 30 heavy (non-hydrogen) atoms. The number of nitrogens with zero attached hydrogens (tertiary/aromatic N) is 2. The van der Waals surface area contributed by atoms with Gasteiger partial charge in [-0.05, 0) is 24.6 Å². The van der Waals surface area contributed by atoms with E-state index in [1.54, 1.807) is 0 Å². The summed E-state index contributed by atoms with van der Waals surface area (Å²) in [5.41, 5.74) is -8.69. The summed E-state index contributed by atoms with van der Waals surface area (Å²) < 4.78 is 134. The molecule has 0 radical (unpaired) electrons. The van der Waals surface area contributed by atoms with Gasteiger partial charge in [0.25, 0.3) is 0 Å². The first-order chi connectivity index (χ1) is 13.5. The third-order valence-corrected chi connectivity index (χ3v) is 3.66. The molecule has 0 aliphatic heterocycles. The van der Waals surface area contributed by atoms with Crippen molar-refractivity contribution in [3.8, 4) is 11.4 Å². The first-order valence-electron chi connectivity index (χ1n) is 7.91. The van der Waals surface area contributed by atoms with Crippen molar-refractivity contribution >= 4 is 11.6 Å². The third kappa shape index (κ3) is 5.10. The molecule has 0 saturated heterocycles. The first-order valence-corrected chi connectivity index (χ1v) is 8.29. The molecule has 3 nitrogen and oxygen atoms in total. The molecule has 1 aromatic heterocycles. The molecule has 0 aliphatic rings. The summed E-state index contributed by atoms with van der Waals surface area (Å²) in [4.78, 5) is 0. The number of hydrogen-bond acceptors (Lipinski definition) is 2. The van der Waals surface area contributed by atoms with Crippen LogP contribution in [0.2, 0.25) is 5.02 Å². The van der Waals surface area contributed by atoms with Gasteiger partial charge in [-0.25, -0.2) is 9.07 Å². The van der Waals surface area contributed by atoms with E-state index in [2.05, 4.69) is 9.84 Å². The number of aryl methyl sites for hydroxylation is 1. The monoisotopic (exact) mass is 474 g/mol. The molecule has 0 saturated carbocycles. The van der Waals surface area contributed by atoms with Crippen molar-refractivity contribution < 1.29 is 48.6 Å². The van der Waals surface area contributed by atoms with E-state index in [-0.39, 0.29) is 12.1 Å². The van der Waals surface area contributed by atoms with Crippen LogP contribution in [0, 0.1) is 6.92 Å². The van der Waals surface area contributed by atoms with Crippen LogP contribution in [-0.2, 0) is 5.67 Å². The molecular formula is C16H13ClF10N2O. The normalized spacial score (nSPS) is 13.0. The number of alkyl halides is 10. The summed E-state index contributed by atoms with van der Waals surface area (Å²) in [5.74, 6) is -1.60. The van der Waals surface area contributed by atoms with Crippen molar-refractivity contribution in [1.82, 2.24) is 9.78 Å². The number of aromatic nitrogens is 2. The second kappa shape index (κ2) is 8.52. The van der Waals surface area contributed by atoms with Crippen LogP contribution in [0.5, 0.6) is 5.75 Å². The van der Waals surface area contributed by atoms with E-state index < -0.39 is 46.4 Å². The first kappa shape index (κ1) is 25.9. The highest BCUT2D eigenvalue weighted by Gasteiger charge is 2.73. The lowest BCUT2D eigenvalue weighted by Gasteiger charge is -2.31. The lowest BCUT2D eigenvalue weighted by Crippen LogP contribution is -2.50. The highest BCUT2D eigenvalue weighted by Crippen LogP contribution is 2.54.